The maximum absolute atomic E-state index is 2.38. The zero-order chi connectivity index (χ0) is 11.7. The highest BCUT2D eigenvalue weighted by Gasteiger charge is 2.19. The minimum Gasteiger partial charge on any atom is -0.182 e. The van der Waals surface area contributed by atoms with Gasteiger partial charge in [-0.25, -0.2) is 0 Å². The highest BCUT2D eigenvalue weighted by atomic mass is 32.1. The van der Waals surface area contributed by atoms with E-state index < -0.39 is 0 Å². The van der Waals surface area contributed by atoms with Crippen LogP contribution in [-0.2, 0) is 6.54 Å². The molecule has 0 aliphatic rings. The van der Waals surface area contributed by atoms with Gasteiger partial charge in [0.25, 0.3) is 5.01 Å². The van der Waals surface area contributed by atoms with Crippen molar-refractivity contribution in [1.82, 2.24) is 0 Å². The number of hydrogen-bond donors (Lipinski definition) is 0. The molecule has 1 aromatic heterocycles. The Morgan fingerprint density at radius 1 is 0.941 bits per heavy atom. The van der Waals surface area contributed by atoms with Gasteiger partial charge in [0.05, 0.1) is 5.56 Å². The standard InChI is InChI=1S/C15H14NS/c1-2-16-13-10-6-7-11-14(13)17-15(16)12-8-4-3-5-9-12/h3-11H,2H2,1H3/q+1. The summed E-state index contributed by atoms with van der Waals surface area (Å²) in [5.41, 5.74) is 2.63. The number of benzene rings is 2. The molecule has 0 bridgehead atoms. The van der Waals surface area contributed by atoms with E-state index in [0.717, 1.165) is 6.54 Å². The van der Waals surface area contributed by atoms with Crippen molar-refractivity contribution >= 4 is 21.6 Å². The fraction of sp³-hybridized carbons (Fsp3) is 0.133. The van der Waals surface area contributed by atoms with E-state index in [1.54, 1.807) is 0 Å². The molecular formula is C15H14NS+. The molecule has 0 N–H and O–H groups in total. The number of thiazole rings is 1. The molecule has 3 rings (SSSR count). The molecule has 0 saturated carbocycles. The lowest BCUT2D eigenvalue weighted by Gasteiger charge is -1.95. The normalized spacial score (nSPS) is 10.9. The maximum atomic E-state index is 2.38. The summed E-state index contributed by atoms with van der Waals surface area (Å²) in [6, 6.07) is 19.2. The van der Waals surface area contributed by atoms with E-state index in [-0.39, 0.29) is 0 Å². The van der Waals surface area contributed by atoms with Crippen LogP contribution < -0.4 is 4.57 Å². The molecule has 2 aromatic carbocycles. The van der Waals surface area contributed by atoms with E-state index in [4.69, 9.17) is 0 Å². The van der Waals surface area contributed by atoms with Crippen molar-refractivity contribution in [1.29, 1.82) is 0 Å². The van der Waals surface area contributed by atoms with Gasteiger partial charge in [-0.05, 0) is 25.1 Å². The van der Waals surface area contributed by atoms with E-state index in [9.17, 15) is 0 Å². The Morgan fingerprint density at radius 3 is 2.41 bits per heavy atom. The summed E-state index contributed by atoms with van der Waals surface area (Å²) in [5.74, 6) is 0. The van der Waals surface area contributed by atoms with Crippen LogP contribution >= 0.6 is 11.3 Å². The molecule has 0 amide bonds. The van der Waals surface area contributed by atoms with Crippen molar-refractivity contribution in [2.75, 3.05) is 0 Å². The Balaban J connectivity index is 2.30. The van der Waals surface area contributed by atoms with Gasteiger partial charge in [-0.2, -0.15) is 4.57 Å². The van der Waals surface area contributed by atoms with Gasteiger partial charge in [0.1, 0.15) is 11.2 Å². The lowest BCUT2D eigenvalue weighted by molar-refractivity contribution is -0.653. The molecule has 0 radical (unpaired) electrons. The Bertz CT molecular complexity index is 640. The first-order chi connectivity index (χ1) is 8.40. The molecule has 3 aromatic rings. The molecule has 17 heavy (non-hydrogen) atoms. The Morgan fingerprint density at radius 2 is 1.65 bits per heavy atom. The lowest BCUT2D eigenvalue weighted by atomic mass is 10.2. The van der Waals surface area contributed by atoms with Gasteiger partial charge in [-0.1, -0.05) is 41.7 Å². The van der Waals surface area contributed by atoms with Crippen molar-refractivity contribution < 1.29 is 4.57 Å². The van der Waals surface area contributed by atoms with E-state index >= 15 is 0 Å². The second-order valence-corrected chi connectivity index (χ2v) is 5.02. The largest absolute Gasteiger partial charge is 0.270 e. The number of hydrogen-bond acceptors (Lipinski definition) is 1. The molecule has 0 fully saturated rings. The van der Waals surface area contributed by atoms with Gasteiger partial charge in [0.15, 0.2) is 0 Å². The van der Waals surface area contributed by atoms with E-state index in [1.807, 2.05) is 11.3 Å². The third kappa shape index (κ3) is 1.75. The third-order valence-corrected chi connectivity index (χ3v) is 4.16. The number of rotatable bonds is 2. The zero-order valence-corrected chi connectivity index (χ0v) is 10.6. The minimum absolute atomic E-state index is 1.01. The van der Waals surface area contributed by atoms with Gasteiger partial charge in [0, 0.05) is 6.07 Å². The summed E-state index contributed by atoms with van der Waals surface area (Å²) in [7, 11) is 0. The lowest BCUT2D eigenvalue weighted by Crippen LogP contribution is -2.32. The number of nitrogens with zero attached hydrogens (tertiary/aromatic N) is 1. The van der Waals surface area contributed by atoms with Crippen LogP contribution in [0.4, 0.5) is 0 Å². The molecule has 0 aliphatic carbocycles. The number of aryl methyl sites for hydroxylation is 1. The van der Waals surface area contributed by atoms with Crippen molar-refractivity contribution in [3.8, 4) is 10.6 Å². The van der Waals surface area contributed by atoms with Crippen molar-refractivity contribution in [3.05, 3.63) is 54.6 Å². The maximum Gasteiger partial charge on any atom is 0.270 e. The fourth-order valence-electron chi connectivity index (χ4n) is 2.14. The fourth-order valence-corrected chi connectivity index (χ4v) is 3.37. The van der Waals surface area contributed by atoms with Crippen LogP contribution in [-0.4, -0.2) is 0 Å². The molecule has 2 heteroatoms. The minimum atomic E-state index is 1.01. The quantitative estimate of drug-likeness (QED) is 0.599. The molecule has 1 nitrogen and oxygen atoms in total. The highest BCUT2D eigenvalue weighted by molar-refractivity contribution is 7.21. The number of para-hydroxylation sites is 1. The average Bonchev–Trinajstić information content (AvgIpc) is 2.78. The summed E-state index contributed by atoms with van der Waals surface area (Å²) in [6.45, 7) is 3.21. The SMILES string of the molecule is CC[n+]1c(-c2ccccc2)sc2ccccc21. The average molecular weight is 240 g/mol. The van der Waals surface area contributed by atoms with Crippen LogP contribution in [0.25, 0.3) is 20.8 Å². The first kappa shape index (κ1) is 10.5. The molecule has 1 heterocycles. The first-order valence-electron chi connectivity index (χ1n) is 5.87. The predicted octanol–water partition coefficient (Wildman–Crippen LogP) is 3.88. The Labute approximate surface area is 105 Å². The van der Waals surface area contributed by atoms with Gasteiger partial charge in [-0.3, -0.25) is 0 Å². The van der Waals surface area contributed by atoms with Gasteiger partial charge in [-0.15, -0.1) is 0 Å². The van der Waals surface area contributed by atoms with E-state index in [2.05, 4.69) is 66.1 Å². The van der Waals surface area contributed by atoms with Crippen molar-refractivity contribution in [3.63, 3.8) is 0 Å². The number of aromatic nitrogens is 1. The van der Waals surface area contributed by atoms with Gasteiger partial charge >= 0.3 is 0 Å². The molecule has 0 aliphatic heterocycles. The summed E-state index contributed by atoms with van der Waals surface area (Å²) < 4.78 is 3.74. The van der Waals surface area contributed by atoms with Crippen LogP contribution in [0.3, 0.4) is 0 Å². The molecule has 0 saturated heterocycles. The summed E-state index contributed by atoms with van der Waals surface area (Å²) in [4.78, 5) is 0. The topological polar surface area (TPSA) is 3.88 Å². The molecular weight excluding hydrogens is 226 g/mol. The number of fused-ring (bicyclic) bond motifs is 1. The van der Waals surface area contributed by atoms with E-state index in [1.165, 1.54) is 20.8 Å². The molecule has 0 spiro atoms. The van der Waals surface area contributed by atoms with Crippen LogP contribution in [0.1, 0.15) is 6.92 Å². The second kappa shape index (κ2) is 4.30. The first-order valence-corrected chi connectivity index (χ1v) is 6.68. The monoisotopic (exact) mass is 240 g/mol. The summed E-state index contributed by atoms with van der Waals surface area (Å²) in [5, 5.41) is 1.34. The van der Waals surface area contributed by atoms with Crippen LogP contribution in [0.2, 0.25) is 0 Å². The van der Waals surface area contributed by atoms with Crippen LogP contribution in [0.5, 0.6) is 0 Å². The van der Waals surface area contributed by atoms with E-state index in [0.29, 0.717) is 0 Å². The molecule has 0 unspecified atom stereocenters. The summed E-state index contributed by atoms with van der Waals surface area (Å²) >= 11 is 1.86. The van der Waals surface area contributed by atoms with Crippen molar-refractivity contribution in [2.45, 2.75) is 13.5 Å². The van der Waals surface area contributed by atoms with Gasteiger partial charge in [0.2, 0.25) is 5.52 Å². The third-order valence-electron chi connectivity index (χ3n) is 2.94. The molecule has 84 valence electrons. The van der Waals surface area contributed by atoms with Crippen molar-refractivity contribution in [2.24, 2.45) is 0 Å². The zero-order valence-electron chi connectivity index (χ0n) is 9.76. The predicted molar refractivity (Wildman–Crippen MR) is 73.1 cm³/mol. The van der Waals surface area contributed by atoms with Crippen LogP contribution in [0.15, 0.2) is 54.6 Å². The van der Waals surface area contributed by atoms with Gasteiger partial charge < -0.3 is 0 Å². The Hall–Kier alpha value is -1.67. The van der Waals surface area contributed by atoms with Crippen LogP contribution in [0, 0.1) is 0 Å². The smallest absolute Gasteiger partial charge is 0.182 e. The highest BCUT2D eigenvalue weighted by Crippen LogP contribution is 2.28. The Kier molecular flexibility index (Phi) is 2.65. The molecule has 0 atom stereocenters. The second-order valence-electron chi connectivity index (χ2n) is 3.99. The summed E-state index contributed by atoms with van der Waals surface area (Å²) in [6.07, 6.45) is 0.